The van der Waals surface area contributed by atoms with Gasteiger partial charge in [0.1, 0.15) is 22.9 Å². The molecule has 8 nitrogen and oxygen atoms in total. The van der Waals surface area contributed by atoms with E-state index in [-0.39, 0.29) is 45.9 Å². The molecule has 0 saturated heterocycles. The number of benzene rings is 2. The highest BCUT2D eigenvalue weighted by Gasteiger charge is 2.33. The predicted octanol–water partition coefficient (Wildman–Crippen LogP) is 5.50. The van der Waals surface area contributed by atoms with E-state index in [1.54, 1.807) is 64.2 Å². The van der Waals surface area contributed by atoms with Gasteiger partial charge in [-0.05, 0) is 70.0 Å². The van der Waals surface area contributed by atoms with Gasteiger partial charge in [0.25, 0.3) is 11.5 Å². The number of hydrogen-bond acceptors (Lipinski definition) is 7. The maximum absolute atomic E-state index is 14.8. The Kier molecular flexibility index (Phi) is 8.09. The van der Waals surface area contributed by atoms with Crippen molar-refractivity contribution in [1.29, 1.82) is 0 Å². The summed E-state index contributed by atoms with van der Waals surface area (Å²) in [6.45, 7) is 3.42. The van der Waals surface area contributed by atoms with Crippen molar-refractivity contribution in [2.45, 2.75) is 39.2 Å². The molecule has 0 aliphatic heterocycles. The lowest BCUT2D eigenvalue weighted by atomic mass is 9.91. The van der Waals surface area contributed by atoms with Gasteiger partial charge in [0.05, 0.1) is 11.3 Å². The van der Waals surface area contributed by atoms with Crippen molar-refractivity contribution in [3.05, 3.63) is 75.3 Å². The largest absolute Gasteiger partial charge is 0.456 e. The third-order valence-electron chi connectivity index (χ3n) is 6.62. The predicted molar refractivity (Wildman–Crippen MR) is 147 cm³/mol. The number of aryl methyl sites for hydroxylation is 1. The Hall–Kier alpha value is -3.50. The molecular weight excluding hydrogens is 493 g/mol. The van der Waals surface area contributed by atoms with E-state index in [2.05, 4.69) is 14.8 Å². The number of nitrogens with zero attached hydrogens (tertiary/aromatic N) is 2. The van der Waals surface area contributed by atoms with Gasteiger partial charge in [0, 0.05) is 44.0 Å². The number of hydrogen-bond donors (Lipinski definition) is 3. The number of ether oxygens (including phenoxy) is 1. The van der Waals surface area contributed by atoms with Crippen LogP contribution in [0.5, 0.6) is 11.5 Å². The van der Waals surface area contributed by atoms with Crippen molar-refractivity contribution in [1.82, 2.24) is 14.2 Å². The van der Waals surface area contributed by atoms with Gasteiger partial charge in [0.2, 0.25) is 0 Å². The molecule has 0 bridgehead atoms. The summed E-state index contributed by atoms with van der Waals surface area (Å²) in [7, 11) is 5.11. The molecule has 3 N–H and O–H groups in total. The SMILES string of the molecule is CNSNc1cccc(Oc2c(C(=O)N(C)C3CCC3)c(Nc3ccc(C)cc3F)n(C)c(=O)c2C)c1. The average molecular weight is 526 g/mol. The Balaban J connectivity index is 1.86. The number of rotatable bonds is 9. The Labute approximate surface area is 220 Å². The molecule has 196 valence electrons. The molecule has 1 aromatic heterocycles. The molecule has 0 atom stereocenters. The minimum atomic E-state index is -0.484. The average Bonchev–Trinajstić information content (AvgIpc) is 2.84. The van der Waals surface area contributed by atoms with Crippen molar-refractivity contribution < 1.29 is 13.9 Å². The van der Waals surface area contributed by atoms with E-state index in [4.69, 9.17) is 4.74 Å². The van der Waals surface area contributed by atoms with Crippen LogP contribution < -0.4 is 25.1 Å². The first-order valence-corrected chi connectivity index (χ1v) is 12.9. The van der Waals surface area contributed by atoms with Crippen molar-refractivity contribution >= 4 is 35.2 Å². The van der Waals surface area contributed by atoms with Crippen molar-refractivity contribution in [3.63, 3.8) is 0 Å². The van der Waals surface area contributed by atoms with E-state index < -0.39 is 5.82 Å². The highest BCUT2D eigenvalue weighted by molar-refractivity contribution is 7.98. The number of aromatic nitrogens is 1. The molecular formula is C27H32FN5O3S. The van der Waals surface area contributed by atoms with E-state index in [1.807, 2.05) is 12.1 Å². The van der Waals surface area contributed by atoms with Gasteiger partial charge in [-0.15, -0.1) is 0 Å². The normalized spacial score (nSPS) is 13.1. The topological polar surface area (TPSA) is 87.6 Å². The Bertz CT molecular complexity index is 1370. The van der Waals surface area contributed by atoms with Gasteiger partial charge < -0.3 is 19.7 Å². The van der Waals surface area contributed by atoms with Crippen LogP contribution in [-0.4, -0.2) is 35.5 Å². The lowest BCUT2D eigenvalue weighted by molar-refractivity contribution is 0.0649. The van der Waals surface area contributed by atoms with Gasteiger partial charge in [-0.25, -0.2) is 9.11 Å². The Morgan fingerprint density at radius 1 is 1.19 bits per heavy atom. The maximum atomic E-state index is 14.8. The van der Waals surface area contributed by atoms with E-state index in [0.717, 1.165) is 30.5 Å². The zero-order valence-electron chi connectivity index (χ0n) is 21.6. The van der Waals surface area contributed by atoms with E-state index >= 15 is 0 Å². The van der Waals surface area contributed by atoms with Crippen LogP contribution in [-0.2, 0) is 7.05 Å². The molecule has 1 aliphatic rings. The van der Waals surface area contributed by atoms with Gasteiger partial charge in [-0.2, -0.15) is 0 Å². The van der Waals surface area contributed by atoms with Crippen LogP contribution in [0.15, 0.2) is 47.3 Å². The van der Waals surface area contributed by atoms with Crippen molar-refractivity contribution in [2.75, 3.05) is 24.1 Å². The summed E-state index contributed by atoms with van der Waals surface area (Å²) in [6.07, 6.45) is 2.88. The number of halogens is 1. The quantitative estimate of drug-likeness (QED) is 0.318. The van der Waals surface area contributed by atoms with Gasteiger partial charge in [-0.3, -0.25) is 14.2 Å². The second kappa shape index (κ2) is 11.3. The third kappa shape index (κ3) is 5.60. The molecule has 1 aliphatic carbocycles. The molecule has 1 saturated carbocycles. The highest BCUT2D eigenvalue weighted by atomic mass is 32.2. The molecule has 0 spiro atoms. The molecule has 1 amide bonds. The summed E-state index contributed by atoms with van der Waals surface area (Å²) >= 11 is 1.30. The van der Waals surface area contributed by atoms with Crippen LogP contribution >= 0.6 is 12.1 Å². The summed E-state index contributed by atoms with van der Waals surface area (Å²) in [4.78, 5) is 28.9. The van der Waals surface area contributed by atoms with Crippen LogP contribution in [0.3, 0.4) is 0 Å². The summed E-state index contributed by atoms with van der Waals surface area (Å²) < 4.78 is 28.5. The number of carbonyl (C=O) groups is 1. The fourth-order valence-corrected chi connectivity index (χ4v) is 4.55. The molecule has 1 heterocycles. The first kappa shape index (κ1) is 26.6. The van der Waals surface area contributed by atoms with Crippen LogP contribution in [0.1, 0.15) is 40.7 Å². The minimum absolute atomic E-state index is 0.105. The number of carbonyl (C=O) groups excluding carboxylic acids is 1. The van der Waals surface area contributed by atoms with Crippen molar-refractivity contribution in [3.8, 4) is 11.5 Å². The molecule has 1 fully saturated rings. The summed E-state index contributed by atoms with van der Waals surface area (Å²) in [6, 6.07) is 12.1. The first-order chi connectivity index (χ1) is 17.7. The summed E-state index contributed by atoms with van der Waals surface area (Å²) in [5, 5.41) is 3.02. The van der Waals surface area contributed by atoms with Crippen LogP contribution in [0.4, 0.5) is 21.6 Å². The molecule has 10 heteroatoms. The molecule has 0 unspecified atom stereocenters. The molecule has 2 aromatic carbocycles. The van der Waals surface area contributed by atoms with E-state index in [1.165, 1.54) is 22.8 Å². The van der Waals surface area contributed by atoms with Crippen LogP contribution in [0.2, 0.25) is 0 Å². The number of pyridine rings is 1. The van der Waals surface area contributed by atoms with E-state index in [9.17, 15) is 14.0 Å². The smallest absolute Gasteiger partial charge is 0.261 e. The van der Waals surface area contributed by atoms with E-state index in [0.29, 0.717) is 5.75 Å². The molecule has 4 rings (SSSR count). The lowest BCUT2D eigenvalue weighted by Crippen LogP contribution is -2.42. The summed E-state index contributed by atoms with van der Waals surface area (Å²) in [5.74, 6) is -0.0152. The Morgan fingerprint density at radius 2 is 1.95 bits per heavy atom. The number of anilines is 3. The van der Waals surface area contributed by atoms with Gasteiger partial charge in [-0.1, -0.05) is 12.1 Å². The second-order valence-electron chi connectivity index (χ2n) is 9.19. The first-order valence-electron chi connectivity index (χ1n) is 12.1. The zero-order chi connectivity index (χ0) is 26.7. The fraction of sp³-hybridized carbons (Fsp3) is 0.333. The highest BCUT2D eigenvalue weighted by Crippen LogP contribution is 2.37. The fourth-order valence-electron chi connectivity index (χ4n) is 4.20. The lowest BCUT2D eigenvalue weighted by Gasteiger charge is -2.35. The minimum Gasteiger partial charge on any atom is -0.456 e. The van der Waals surface area contributed by atoms with Crippen molar-refractivity contribution in [2.24, 2.45) is 7.05 Å². The monoisotopic (exact) mass is 525 g/mol. The third-order valence-corrected chi connectivity index (χ3v) is 7.17. The van der Waals surface area contributed by atoms with Gasteiger partial charge in [0.15, 0.2) is 5.75 Å². The standard InChI is InChI=1S/C27H32FN5O3S/c1-16-12-13-22(21(28)14-16)30-25-23(27(35)32(4)19-9-7-10-19)24(17(2)26(34)33(25)5)36-20-11-6-8-18(15-20)31-37-29-3/h6,8,11-15,19,29-31H,7,9-10H2,1-5H3. The number of nitrogens with one attached hydrogen (secondary N) is 3. The van der Waals surface area contributed by atoms with Gasteiger partial charge >= 0.3 is 0 Å². The molecule has 37 heavy (non-hydrogen) atoms. The second-order valence-corrected chi connectivity index (χ2v) is 10.0. The van der Waals surface area contributed by atoms with Crippen LogP contribution in [0.25, 0.3) is 0 Å². The summed E-state index contributed by atoms with van der Waals surface area (Å²) in [5.41, 5.74) is 1.80. The zero-order valence-corrected chi connectivity index (χ0v) is 22.5. The van der Waals surface area contributed by atoms with Crippen LogP contribution in [0, 0.1) is 19.7 Å². The molecule has 0 radical (unpaired) electrons. The molecule has 3 aromatic rings. The number of amides is 1. The maximum Gasteiger partial charge on any atom is 0.261 e. The Morgan fingerprint density at radius 3 is 2.59 bits per heavy atom.